The lowest BCUT2D eigenvalue weighted by Gasteiger charge is -1.98. The molecule has 0 aliphatic heterocycles. The van der Waals surface area contributed by atoms with E-state index in [4.69, 9.17) is 0 Å². The molecule has 70 valence electrons. The zero-order chi connectivity index (χ0) is 7.56. The Bertz CT molecular complexity index is 245. The van der Waals surface area contributed by atoms with E-state index in [0.717, 1.165) is 12.3 Å². The van der Waals surface area contributed by atoms with Crippen molar-refractivity contribution in [3.05, 3.63) is 23.9 Å². The van der Waals surface area contributed by atoms with Gasteiger partial charge in [-0.25, -0.2) is 13.8 Å². The molecule has 12 heavy (non-hydrogen) atoms. The molecule has 0 atom stereocenters. The van der Waals surface area contributed by atoms with Crippen molar-refractivity contribution in [3.63, 3.8) is 0 Å². The minimum absolute atomic E-state index is 0. The molecule has 1 heterocycles. The van der Waals surface area contributed by atoms with Crippen LogP contribution in [0.4, 0.5) is 14.6 Å². The number of hydrogen-bond acceptors (Lipinski definition) is 2. The Kier molecular flexibility index (Phi) is 6.94. The molecule has 0 fully saturated rings. The van der Waals surface area contributed by atoms with Crippen molar-refractivity contribution in [2.45, 2.75) is 0 Å². The first kappa shape index (κ1) is 13.9. The second-order valence-corrected chi connectivity index (χ2v) is 1.73. The van der Waals surface area contributed by atoms with Crippen molar-refractivity contribution in [3.8, 4) is 0 Å². The molecular weight excluding hydrogens is 209 g/mol. The van der Waals surface area contributed by atoms with Crippen LogP contribution >= 0.6 is 24.8 Å². The number of aromatic nitrogens is 1. The minimum Gasteiger partial charge on any atom is -0.371 e. The molecule has 1 aromatic rings. The fraction of sp³-hybridized carbons (Fsp3) is 0.167. The third kappa shape index (κ3) is 3.19. The summed E-state index contributed by atoms with van der Waals surface area (Å²) in [6, 6.07) is 0.777. The van der Waals surface area contributed by atoms with Crippen LogP contribution in [0.15, 0.2) is 12.3 Å². The van der Waals surface area contributed by atoms with Crippen LogP contribution in [0.3, 0.4) is 0 Å². The van der Waals surface area contributed by atoms with Gasteiger partial charge in [0, 0.05) is 13.1 Å². The molecule has 6 heteroatoms. The van der Waals surface area contributed by atoms with E-state index in [1.165, 1.54) is 7.05 Å². The third-order valence-electron chi connectivity index (χ3n) is 1.04. The summed E-state index contributed by atoms with van der Waals surface area (Å²) in [5.74, 6) is -1.29. The Hall–Kier alpha value is -0.610. The fourth-order valence-corrected chi connectivity index (χ4v) is 0.599. The van der Waals surface area contributed by atoms with Crippen LogP contribution in [0, 0.1) is 11.6 Å². The quantitative estimate of drug-likeness (QED) is 0.780. The average molecular weight is 217 g/mol. The van der Waals surface area contributed by atoms with Gasteiger partial charge in [-0.3, -0.25) is 0 Å². The third-order valence-corrected chi connectivity index (χ3v) is 1.04. The van der Waals surface area contributed by atoms with Crippen molar-refractivity contribution in [2.75, 3.05) is 12.4 Å². The van der Waals surface area contributed by atoms with Crippen LogP contribution in [-0.4, -0.2) is 12.0 Å². The molecular formula is C6H8Cl2F2N2. The molecule has 0 saturated carbocycles. The van der Waals surface area contributed by atoms with E-state index < -0.39 is 11.6 Å². The highest BCUT2D eigenvalue weighted by Crippen LogP contribution is 2.09. The fourth-order valence-electron chi connectivity index (χ4n) is 0.599. The van der Waals surface area contributed by atoms with Crippen LogP contribution in [0.5, 0.6) is 0 Å². The number of nitrogens with one attached hydrogen (secondary N) is 1. The van der Waals surface area contributed by atoms with Crippen LogP contribution in [0.2, 0.25) is 0 Å². The van der Waals surface area contributed by atoms with Gasteiger partial charge in [0.05, 0.1) is 6.20 Å². The monoisotopic (exact) mass is 216 g/mol. The molecule has 0 spiro atoms. The van der Waals surface area contributed by atoms with Crippen molar-refractivity contribution in [1.82, 2.24) is 4.98 Å². The Morgan fingerprint density at radius 3 is 2.33 bits per heavy atom. The van der Waals surface area contributed by atoms with Gasteiger partial charge in [-0.1, -0.05) is 0 Å². The van der Waals surface area contributed by atoms with E-state index in [9.17, 15) is 8.78 Å². The van der Waals surface area contributed by atoms with Crippen molar-refractivity contribution in [2.24, 2.45) is 0 Å². The summed E-state index contributed by atoms with van der Waals surface area (Å²) < 4.78 is 24.6. The SMILES string of the molecule is CNc1ncc(F)cc1F.Cl.Cl. The molecule has 0 aliphatic rings. The first-order valence-electron chi connectivity index (χ1n) is 2.73. The van der Waals surface area contributed by atoms with E-state index in [0.29, 0.717) is 0 Å². The Morgan fingerprint density at radius 1 is 1.33 bits per heavy atom. The Labute approximate surface area is 81.2 Å². The lowest BCUT2D eigenvalue weighted by atomic mass is 10.4. The van der Waals surface area contributed by atoms with Gasteiger partial charge in [0.1, 0.15) is 5.82 Å². The average Bonchev–Trinajstić information content (AvgIpc) is 1.88. The smallest absolute Gasteiger partial charge is 0.168 e. The number of nitrogens with zero attached hydrogens (tertiary/aromatic N) is 1. The molecule has 1 N–H and O–H groups in total. The highest BCUT2D eigenvalue weighted by atomic mass is 35.5. The topological polar surface area (TPSA) is 24.9 Å². The Balaban J connectivity index is 0. The second-order valence-electron chi connectivity index (χ2n) is 1.73. The second kappa shape index (κ2) is 5.97. The van der Waals surface area contributed by atoms with Gasteiger partial charge in [-0.05, 0) is 0 Å². The van der Waals surface area contributed by atoms with E-state index in [1.807, 2.05) is 0 Å². The summed E-state index contributed by atoms with van der Waals surface area (Å²) in [6.45, 7) is 0. The van der Waals surface area contributed by atoms with Crippen LogP contribution in [0.25, 0.3) is 0 Å². The molecule has 0 aliphatic carbocycles. The van der Waals surface area contributed by atoms with E-state index >= 15 is 0 Å². The van der Waals surface area contributed by atoms with Gasteiger partial charge in [0.25, 0.3) is 0 Å². The van der Waals surface area contributed by atoms with Crippen LogP contribution in [0.1, 0.15) is 0 Å². The maximum Gasteiger partial charge on any atom is 0.168 e. The molecule has 1 aromatic heterocycles. The van der Waals surface area contributed by atoms with Crippen molar-refractivity contribution in [1.29, 1.82) is 0 Å². The zero-order valence-electron chi connectivity index (χ0n) is 6.17. The van der Waals surface area contributed by atoms with Crippen LogP contribution in [-0.2, 0) is 0 Å². The summed E-state index contributed by atoms with van der Waals surface area (Å²) in [5, 5.41) is 2.47. The molecule has 0 bridgehead atoms. The van der Waals surface area contributed by atoms with Gasteiger partial charge < -0.3 is 5.32 Å². The van der Waals surface area contributed by atoms with Crippen molar-refractivity contribution < 1.29 is 8.78 Å². The maximum atomic E-state index is 12.5. The number of rotatable bonds is 1. The molecule has 0 saturated heterocycles. The number of halogens is 4. The van der Waals surface area contributed by atoms with Crippen LogP contribution < -0.4 is 5.32 Å². The van der Waals surface area contributed by atoms with Gasteiger partial charge in [-0.2, -0.15) is 0 Å². The molecule has 1 rings (SSSR count). The van der Waals surface area contributed by atoms with Crippen molar-refractivity contribution >= 4 is 30.6 Å². The molecule has 2 nitrogen and oxygen atoms in total. The normalized spacial score (nSPS) is 7.92. The first-order valence-corrected chi connectivity index (χ1v) is 2.73. The zero-order valence-corrected chi connectivity index (χ0v) is 7.81. The minimum atomic E-state index is -0.678. The number of pyridine rings is 1. The highest BCUT2D eigenvalue weighted by Gasteiger charge is 2.00. The summed E-state index contributed by atoms with van der Waals surface area (Å²) in [5.41, 5.74) is 0. The van der Waals surface area contributed by atoms with Gasteiger partial charge >= 0.3 is 0 Å². The summed E-state index contributed by atoms with van der Waals surface area (Å²) in [7, 11) is 1.52. The molecule has 0 aromatic carbocycles. The lowest BCUT2D eigenvalue weighted by Crippen LogP contribution is -1.96. The molecule has 0 amide bonds. The van der Waals surface area contributed by atoms with Gasteiger partial charge in [0.15, 0.2) is 11.6 Å². The predicted octanol–water partition coefficient (Wildman–Crippen LogP) is 2.25. The predicted molar refractivity (Wildman–Crippen MR) is 48.2 cm³/mol. The number of anilines is 1. The largest absolute Gasteiger partial charge is 0.371 e. The first-order chi connectivity index (χ1) is 4.74. The lowest BCUT2D eigenvalue weighted by molar-refractivity contribution is 0.576. The summed E-state index contributed by atoms with van der Waals surface area (Å²) in [6.07, 6.45) is 0.953. The van der Waals surface area contributed by atoms with E-state index in [1.54, 1.807) is 0 Å². The maximum absolute atomic E-state index is 12.5. The molecule has 0 radical (unpaired) electrons. The molecule has 0 unspecified atom stereocenters. The summed E-state index contributed by atoms with van der Waals surface area (Å²) >= 11 is 0. The highest BCUT2D eigenvalue weighted by molar-refractivity contribution is 5.85. The van der Waals surface area contributed by atoms with E-state index in [-0.39, 0.29) is 30.6 Å². The summed E-state index contributed by atoms with van der Waals surface area (Å²) in [4.78, 5) is 3.44. The Morgan fingerprint density at radius 2 is 1.92 bits per heavy atom. The van der Waals surface area contributed by atoms with Gasteiger partial charge in [0.2, 0.25) is 0 Å². The van der Waals surface area contributed by atoms with Gasteiger partial charge in [-0.15, -0.1) is 24.8 Å². The van der Waals surface area contributed by atoms with E-state index in [2.05, 4.69) is 10.3 Å². The number of hydrogen-bond donors (Lipinski definition) is 1. The standard InChI is InChI=1S/C6H6F2N2.2ClH/c1-9-6-5(8)2-4(7)3-10-6;;/h2-3H,1H3,(H,9,10);2*1H.